The second-order valence-corrected chi connectivity index (χ2v) is 7.82. The third-order valence-corrected chi connectivity index (χ3v) is 6.44. The van der Waals surface area contributed by atoms with Crippen LogP contribution < -0.4 is 4.74 Å². The van der Waals surface area contributed by atoms with Crippen LogP contribution in [0.2, 0.25) is 0 Å². The second kappa shape index (κ2) is 7.39. The number of carboxylic acids is 1. The van der Waals surface area contributed by atoms with Gasteiger partial charge < -0.3 is 24.4 Å². The number of carbonyl (C=O) groups is 1. The Labute approximate surface area is 158 Å². The Morgan fingerprint density at radius 1 is 1.33 bits per heavy atom. The molecule has 0 saturated carbocycles. The fourth-order valence-corrected chi connectivity index (χ4v) is 5.01. The lowest BCUT2D eigenvalue weighted by Crippen LogP contribution is -2.67. The Balaban J connectivity index is 1.60. The molecule has 3 saturated heterocycles. The lowest BCUT2D eigenvalue weighted by Gasteiger charge is -2.57. The zero-order chi connectivity index (χ0) is 19.0. The number of rotatable bonds is 4. The van der Waals surface area contributed by atoms with Gasteiger partial charge in [0.05, 0.1) is 25.9 Å². The van der Waals surface area contributed by atoms with Crippen LogP contribution in [0, 0.1) is 11.8 Å². The molecule has 0 aliphatic carbocycles. The van der Waals surface area contributed by atoms with Crippen molar-refractivity contribution in [2.45, 2.75) is 31.0 Å². The van der Waals surface area contributed by atoms with Gasteiger partial charge in [-0.1, -0.05) is 6.07 Å². The molecule has 3 aliphatic rings. The zero-order valence-electron chi connectivity index (χ0n) is 15.6. The summed E-state index contributed by atoms with van der Waals surface area (Å²) in [4.78, 5) is 13.9. The largest absolute Gasteiger partial charge is 0.496 e. The van der Waals surface area contributed by atoms with Crippen LogP contribution in [-0.4, -0.2) is 72.8 Å². The molecule has 7 nitrogen and oxygen atoms in total. The number of benzene rings is 1. The molecule has 3 heterocycles. The molecule has 27 heavy (non-hydrogen) atoms. The smallest absolute Gasteiger partial charge is 0.339 e. The van der Waals surface area contributed by atoms with Crippen LogP contribution >= 0.6 is 0 Å². The summed E-state index contributed by atoms with van der Waals surface area (Å²) in [5.41, 5.74) is 0.375. The van der Waals surface area contributed by atoms with Crippen LogP contribution in [0.4, 0.5) is 0 Å². The number of aliphatic hydroxyl groups is 1. The number of methoxy groups -OCH3 is 1. The lowest BCUT2D eigenvalue weighted by molar-refractivity contribution is -0.221. The average molecular weight is 377 g/mol. The molecular weight excluding hydrogens is 350 g/mol. The van der Waals surface area contributed by atoms with Gasteiger partial charge in [-0.25, -0.2) is 4.79 Å². The topological polar surface area (TPSA) is 88.5 Å². The van der Waals surface area contributed by atoms with E-state index in [9.17, 15) is 15.0 Å². The molecule has 3 fully saturated rings. The van der Waals surface area contributed by atoms with Crippen LogP contribution in [0.3, 0.4) is 0 Å². The van der Waals surface area contributed by atoms with Crippen molar-refractivity contribution in [1.29, 1.82) is 0 Å². The predicted molar refractivity (Wildman–Crippen MR) is 97.0 cm³/mol. The van der Waals surface area contributed by atoms with Crippen LogP contribution in [0.5, 0.6) is 5.75 Å². The lowest BCUT2D eigenvalue weighted by atomic mass is 9.66. The van der Waals surface area contributed by atoms with E-state index >= 15 is 0 Å². The Hall–Kier alpha value is -1.67. The van der Waals surface area contributed by atoms with Crippen LogP contribution in [0.1, 0.15) is 28.8 Å². The highest BCUT2D eigenvalue weighted by atomic mass is 16.5. The molecule has 0 amide bonds. The number of nitrogens with zero attached hydrogens (tertiary/aromatic N) is 1. The van der Waals surface area contributed by atoms with Crippen molar-refractivity contribution >= 4 is 5.97 Å². The minimum Gasteiger partial charge on any atom is -0.496 e. The Morgan fingerprint density at radius 3 is 2.93 bits per heavy atom. The first kappa shape index (κ1) is 18.7. The van der Waals surface area contributed by atoms with Gasteiger partial charge >= 0.3 is 5.97 Å². The molecule has 148 valence electrons. The van der Waals surface area contributed by atoms with Crippen LogP contribution in [-0.2, 0) is 16.0 Å². The van der Waals surface area contributed by atoms with E-state index in [4.69, 9.17) is 14.2 Å². The van der Waals surface area contributed by atoms with Crippen molar-refractivity contribution in [3.8, 4) is 5.75 Å². The highest BCUT2D eigenvalue weighted by Crippen LogP contribution is 2.44. The van der Waals surface area contributed by atoms with E-state index in [1.807, 2.05) is 6.07 Å². The van der Waals surface area contributed by atoms with Gasteiger partial charge in [0, 0.05) is 50.6 Å². The van der Waals surface area contributed by atoms with Gasteiger partial charge in [-0.15, -0.1) is 0 Å². The van der Waals surface area contributed by atoms with Gasteiger partial charge in [-0.3, -0.25) is 4.90 Å². The zero-order valence-corrected chi connectivity index (χ0v) is 15.6. The number of carboxylic acid groups (broad SMARTS) is 1. The quantitative estimate of drug-likeness (QED) is 0.819. The number of fused-ring (bicyclic) bond motifs is 3. The summed E-state index contributed by atoms with van der Waals surface area (Å²) in [6, 6.07) is 5.55. The Kier molecular flexibility index (Phi) is 5.11. The van der Waals surface area contributed by atoms with Crippen LogP contribution in [0.25, 0.3) is 0 Å². The van der Waals surface area contributed by atoms with E-state index in [2.05, 4.69) is 4.90 Å². The Bertz CT molecular complexity index is 710. The van der Waals surface area contributed by atoms with Gasteiger partial charge in [-0.05, 0) is 24.1 Å². The number of likely N-dealkylation sites (tertiary alicyclic amines) is 1. The fraction of sp³-hybridized carbons (Fsp3) is 0.650. The third-order valence-electron chi connectivity index (χ3n) is 6.44. The molecule has 1 aromatic rings. The van der Waals surface area contributed by atoms with E-state index in [-0.39, 0.29) is 23.4 Å². The number of piperidine rings is 1. The molecule has 0 aromatic heterocycles. The maximum absolute atomic E-state index is 11.5. The van der Waals surface area contributed by atoms with Gasteiger partial charge in [0.2, 0.25) is 0 Å². The molecule has 0 radical (unpaired) electrons. The summed E-state index contributed by atoms with van der Waals surface area (Å²) in [5.74, 6) is -0.521. The molecule has 4 atom stereocenters. The van der Waals surface area contributed by atoms with E-state index in [1.54, 1.807) is 12.1 Å². The first-order valence-corrected chi connectivity index (χ1v) is 9.55. The summed E-state index contributed by atoms with van der Waals surface area (Å²) >= 11 is 0. The molecule has 0 bridgehead atoms. The minimum atomic E-state index is -0.994. The van der Waals surface area contributed by atoms with Crippen molar-refractivity contribution < 1.29 is 29.2 Å². The summed E-state index contributed by atoms with van der Waals surface area (Å²) in [6.07, 6.45) is 1.53. The number of aromatic carboxylic acids is 1. The Morgan fingerprint density at radius 2 is 2.15 bits per heavy atom. The predicted octanol–water partition coefficient (Wildman–Crippen LogP) is 1.38. The van der Waals surface area contributed by atoms with Gasteiger partial charge in [0.25, 0.3) is 0 Å². The molecule has 0 unspecified atom stereocenters. The first-order valence-electron chi connectivity index (χ1n) is 9.55. The monoisotopic (exact) mass is 377 g/mol. The summed E-state index contributed by atoms with van der Waals surface area (Å²) < 4.78 is 16.5. The molecule has 2 N–H and O–H groups in total. The van der Waals surface area contributed by atoms with Gasteiger partial charge in [0.15, 0.2) is 0 Å². The van der Waals surface area contributed by atoms with Crippen LogP contribution in [0.15, 0.2) is 18.2 Å². The number of hydrogen-bond donors (Lipinski definition) is 2. The molecular formula is C20H27NO6. The van der Waals surface area contributed by atoms with Crippen molar-refractivity contribution in [2.24, 2.45) is 11.8 Å². The molecule has 3 aliphatic heterocycles. The SMILES string of the molecule is COc1ccc(CN2C[C@H]3COCC[C@@]3(O)[C@@H]3COCC[C@@H]32)cc1C(=O)O. The maximum atomic E-state index is 11.5. The minimum absolute atomic E-state index is 0.0476. The van der Waals surface area contributed by atoms with E-state index in [0.717, 1.165) is 18.5 Å². The maximum Gasteiger partial charge on any atom is 0.339 e. The van der Waals surface area contributed by atoms with Crippen molar-refractivity contribution in [1.82, 2.24) is 4.90 Å². The normalized spacial score (nSPS) is 33.8. The summed E-state index contributed by atoms with van der Waals surface area (Å²) in [5, 5.41) is 20.8. The number of ether oxygens (including phenoxy) is 3. The molecule has 1 aromatic carbocycles. The number of hydrogen-bond acceptors (Lipinski definition) is 6. The summed E-state index contributed by atoms with van der Waals surface area (Å²) in [7, 11) is 1.47. The van der Waals surface area contributed by atoms with E-state index < -0.39 is 11.6 Å². The van der Waals surface area contributed by atoms with Crippen molar-refractivity contribution in [2.75, 3.05) is 40.1 Å². The third kappa shape index (κ3) is 3.33. The van der Waals surface area contributed by atoms with Crippen molar-refractivity contribution in [3.63, 3.8) is 0 Å². The molecule has 0 spiro atoms. The molecule has 4 rings (SSSR count). The van der Waals surface area contributed by atoms with E-state index in [0.29, 0.717) is 45.1 Å². The first-order chi connectivity index (χ1) is 13.0. The average Bonchev–Trinajstić information content (AvgIpc) is 2.68. The second-order valence-electron chi connectivity index (χ2n) is 7.82. The highest BCUT2D eigenvalue weighted by Gasteiger charge is 2.55. The highest BCUT2D eigenvalue weighted by molar-refractivity contribution is 5.91. The molecule has 7 heteroatoms. The van der Waals surface area contributed by atoms with Gasteiger partial charge in [-0.2, -0.15) is 0 Å². The fourth-order valence-electron chi connectivity index (χ4n) is 5.01. The van der Waals surface area contributed by atoms with Crippen molar-refractivity contribution in [3.05, 3.63) is 29.3 Å². The van der Waals surface area contributed by atoms with E-state index in [1.165, 1.54) is 7.11 Å². The summed E-state index contributed by atoms with van der Waals surface area (Å²) in [6.45, 7) is 3.79. The standard InChI is InChI=1S/C20H27NO6/c1-25-18-3-2-13(8-15(18)19(22)23)9-21-10-14-11-27-7-5-20(14,24)16-12-26-6-4-17(16)21/h2-3,8,14,16-17,24H,4-7,9-12H2,1H3,(H,22,23)/t14-,16+,17-,20-/m0/s1. The van der Waals surface area contributed by atoms with Gasteiger partial charge in [0.1, 0.15) is 11.3 Å².